The molecule has 0 atom stereocenters. The summed E-state index contributed by atoms with van der Waals surface area (Å²) in [6, 6.07) is 0. The van der Waals surface area contributed by atoms with Gasteiger partial charge in [-0.05, 0) is 19.4 Å². The smallest absolute Gasteiger partial charge is 0.236 e. The molecule has 0 spiro atoms. The Hall–Kier alpha value is -0.610. The molecule has 0 aromatic carbocycles. The third-order valence-electron chi connectivity index (χ3n) is 3.57. The van der Waals surface area contributed by atoms with Crippen LogP contribution in [-0.4, -0.2) is 55.0 Å². The van der Waals surface area contributed by atoms with Crippen LogP contribution in [0.1, 0.15) is 33.6 Å². The van der Waals surface area contributed by atoms with Crippen LogP contribution < -0.4 is 5.73 Å². The van der Waals surface area contributed by atoms with Crippen LogP contribution >= 0.6 is 0 Å². The van der Waals surface area contributed by atoms with E-state index >= 15 is 0 Å². The van der Waals surface area contributed by atoms with Gasteiger partial charge in [0.05, 0.1) is 6.54 Å². The van der Waals surface area contributed by atoms with E-state index in [9.17, 15) is 4.79 Å². The molecule has 0 saturated carbocycles. The van der Waals surface area contributed by atoms with Gasteiger partial charge in [-0.3, -0.25) is 9.69 Å². The van der Waals surface area contributed by atoms with E-state index in [4.69, 9.17) is 5.73 Å². The van der Waals surface area contributed by atoms with Gasteiger partial charge < -0.3 is 10.6 Å². The Morgan fingerprint density at radius 1 is 1.19 bits per heavy atom. The van der Waals surface area contributed by atoms with E-state index in [0.717, 1.165) is 19.4 Å². The molecule has 0 aliphatic rings. The molecule has 96 valence electrons. The van der Waals surface area contributed by atoms with E-state index in [2.05, 4.69) is 25.7 Å². The molecular weight excluding hydrogens is 202 g/mol. The second-order valence-electron chi connectivity index (χ2n) is 4.44. The summed E-state index contributed by atoms with van der Waals surface area (Å²) in [5.41, 5.74) is 5.86. The van der Waals surface area contributed by atoms with E-state index in [1.165, 1.54) is 0 Å². The molecule has 0 saturated heterocycles. The van der Waals surface area contributed by atoms with E-state index < -0.39 is 0 Å². The van der Waals surface area contributed by atoms with Gasteiger partial charge in [-0.2, -0.15) is 0 Å². The maximum absolute atomic E-state index is 11.8. The Bertz CT molecular complexity index is 204. The largest absolute Gasteiger partial charge is 0.348 e. The molecule has 1 amide bonds. The second-order valence-corrected chi connectivity index (χ2v) is 4.44. The quantitative estimate of drug-likeness (QED) is 0.706. The average Bonchev–Trinajstić information content (AvgIpc) is 2.29. The van der Waals surface area contributed by atoms with Crippen LogP contribution in [0.25, 0.3) is 0 Å². The summed E-state index contributed by atoms with van der Waals surface area (Å²) >= 11 is 0. The van der Waals surface area contributed by atoms with Crippen molar-refractivity contribution in [1.29, 1.82) is 0 Å². The first-order chi connectivity index (χ1) is 7.47. The number of amides is 1. The van der Waals surface area contributed by atoms with Crippen LogP contribution in [0.2, 0.25) is 0 Å². The molecule has 0 aromatic heterocycles. The van der Waals surface area contributed by atoms with Crippen molar-refractivity contribution in [2.24, 2.45) is 5.73 Å². The van der Waals surface area contributed by atoms with Gasteiger partial charge in [-0.1, -0.05) is 20.8 Å². The average molecular weight is 229 g/mol. The Labute approximate surface area is 99.8 Å². The third-order valence-corrected chi connectivity index (χ3v) is 3.57. The van der Waals surface area contributed by atoms with E-state index in [1.807, 2.05) is 0 Å². The number of carbonyl (C=O) groups excluding carboxylic acids is 1. The number of hydrogen-bond donors (Lipinski definition) is 1. The van der Waals surface area contributed by atoms with Crippen LogP contribution in [0.15, 0.2) is 0 Å². The molecule has 0 fully saturated rings. The number of rotatable bonds is 7. The Balaban J connectivity index is 4.74. The summed E-state index contributed by atoms with van der Waals surface area (Å²) in [6.07, 6.45) is 1.96. The fraction of sp³-hybridized carbons (Fsp3) is 0.917. The molecule has 0 aromatic rings. The monoisotopic (exact) mass is 229 g/mol. The van der Waals surface area contributed by atoms with Gasteiger partial charge in [-0.25, -0.2) is 0 Å². The van der Waals surface area contributed by atoms with Crippen molar-refractivity contribution in [1.82, 2.24) is 9.80 Å². The molecule has 0 aliphatic carbocycles. The summed E-state index contributed by atoms with van der Waals surface area (Å²) in [5, 5.41) is 0. The lowest BCUT2D eigenvalue weighted by atomic mass is 9.90. The van der Waals surface area contributed by atoms with Gasteiger partial charge in [0.1, 0.15) is 0 Å². The van der Waals surface area contributed by atoms with Crippen LogP contribution in [-0.2, 0) is 4.79 Å². The van der Waals surface area contributed by atoms with Crippen LogP contribution in [0, 0.1) is 0 Å². The lowest BCUT2D eigenvalue weighted by Crippen LogP contribution is -2.55. The molecule has 0 aliphatic heterocycles. The molecule has 0 heterocycles. The highest BCUT2D eigenvalue weighted by Crippen LogP contribution is 2.22. The van der Waals surface area contributed by atoms with Gasteiger partial charge >= 0.3 is 0 Å². The molecule has 0 bridgehead atoms. The number of hydrogen-bond acceptors (Lipinski definition) is 3. The first kappa shape index (κ1) is 15.4. The van der Waals surface area contributed by atoms with Gasteiger partial charge in [0.15, 0.2) is 0 Å². The van der Waals surface area contributed by atoms with E-state index in [-0.39, 0.29) is 11.4 Å². The lowest BCUT2D eigenvalue weighted by molar-refractivity contribution is -0.131. The van der Waals surface area contributed by atoms with Crippen molar-refractivity contribution >= 4 is 5.91 Å². The zero-order chi connectivity index (χ0) is 12.8. The predicted molar refractivity (Wildman–Crippen MR) is 68.3 cm³/mol. The van der Waals surface area contributed by atoms with Crippen molar-refractivity contribution in [2.75, 3.05) is 33.7 Å². The van der Waals surface area contributed by atoms with Crippen LogP contribution in [0.4, 0.5) is 0 Å². The molecule has 0 rings (SSSR count). The first-order valence-electron chi connectivity index (χ1n) is 6.12. The topological polar surface area (TPSA) is 49.6 Å². The minimum atomic E-state index is -0.0274. The van der Waals surface area contributed by atoms with Crippen molar-refractivity contribution in [2.45, 2.75) is 39.2 Å². The minimum absolute atomic E-state index is 0.0274. The Morgan fingerprint density at radius 3 is 1.94 bits per heavy atom. The summed E-state index contributed by atoms with van der Waals surface area (Å²) in [4.78, 5) is 15.6. The molecule has 0 unspecified atom stereocenters. The Kier molecular flexibility index (Phi) is 6.60. The number of carbonyl (C=O) groups is 1. The minimum Gasteiger partial charge on any atom is -0.348 e. The van der Waals surface area contributed by atoms with Gasteiger partial charge in [0.25, 0.3) is 0 Å². The molecular formula is C12H27N3O. The van der Waals surface area contributed by atoms with E-state index in [1.54, 1.807) is 19.0 Å². The third kappa shape index (κ3) is 3.46. The van der Waals surface area contributed by atoms with Crippen molar-refractivity contribution in [3.8, 4) is 0 Å². The highest BCUT2D eigenvalue weighted by Gasteiger charge is 2.32. The zero-order valence-electron chi connectivity index (χ0n) is 11.4. The van der Waals surface area contributed by atoms with Gasteiger partial charge in [0.2, 0.25) is 5.91 Å². The number of nitrogens with zero attached hydrogens (tertiary/aromatic N) is 2. The zero-order valence-corrected chi connectivity index (χ0v) is 11.4. The highest BCUT2D eigenvalue weighted by molar-refractivity contribution is 5.77. The van der Waals surface area contributed by atoms with Crippen LogP contribution in [0.5, 0.6) is 0 Å². The predicted octanol–water partition coefficient (Wildman–Crippen LogP) is 0.914. The first-order valence-corrected chi connectivity index (χ1v) is 6.12. The SMILES string of the molecule is CCN(CC(=O)N(C)C)C(CC)(CC)CN. The lowest BCUT2D eigenvalue weighted by Gasteiger charge is -2.42. The Morgan fingerprint density at radius 2 is 1.69 bits per heavy atom. The van der Waals surface area contributed by atoms with E-state index in [0.29, 0.717) is 13.1 Å². The second kappa shape index (κ2) is 6.86. The number of nitrogens with two attached hydrogens (primary N) is 1. The maximum atomic E-state index is 11.8. The maximum Gasteiger partial charge on any atom is 0.236 e. The highest BCUT2D eigenvalue weighted by atomic mass is 16.2. The van der Waals surface area contributed by atoms with Crippen LogP contribution in [0.3, 0.4) is 0 Å². The fourth-order valence-electron chi connectivity index (χ4n) is 2.03. The normalized spacial score (nSPS) is 11.9. The van der Waals surface area contributed by atoms with Crippen molar-refractivity contribution in [3.05, 3.63) is 0 Å². The molecule has 4 nitrogen and oxygen atoms in total. The van der Waals surface area contributed by atoms with Crippen molar-refractivity contribution in [3.63, 3.8) is 0 Å². The van der Waals surface area contributed by atoms with Crippen molar-refractivity contribution < 1.29 is 4.79 Å². The number of likely N-dealkylation sites (N-methyl/N-ethyl adjacent to an activating group) is 2. The standard InChI is InChI=1S/C12H27N3O/c1-6-12(7-2,10-13)15(8-3)9-11(16)14(4)5/h6-10,13H2,1-5H3. The summed E-state index contributed by atoms with van der Waals surface area (Å²) < 4.78 is 0. The summed E-state index contributed by atoms with van der Waals surface area (Å²) in [5.74, 6) is 0.140. The van der Waals surface area contributed by atoms with Gasteiger partial charge in [-0.15, -0.1) is 0 Å². The van der Waals surface area contributed by atoms with Gasteiger partial charge in [0, 0.05) is 26.2 Å². The summed E-state index contributed by atoms with van der Waals surface area (Å²) in [7, 11) is 3.58. The molecule has 4 heteroatoms. The molecule has 0 radical (unpaired) electrons. The molecule has 2 N–H and O–H groups in total. The summed E-state index contributed by atoms with van der Waals surface area (Å²) in [6.45, 7) is 8.28. The fourth-order valence-corrected chi connectivity index (χ4v) is 2.03. The molecule has 16 heavy (non-hydrogen) atoms.